The number of amides is 2. The minimum absolute atomic E-state index is 0.227. The van der Waals surface area contributed by atoms with E-state index in [-0.39, 0.29) is 18.4 Å². The van der Waals surface area contributed by atoms with Crippen molar-refractivity contribution in [3.63, 3.8) is 0 Å². The molecule has 2 rings (SSSR count). The summed E-state index contributed by atoms with van der Waals surface area (Å²) in [6.45, 7) is 3.06. The van der Waals surface area contributed by atoms with Crippen LogP contribution in [0.15, 0.2) is 24.3 Å². The molecule has 1 N–H and O–H groups in total. The summed E-state index contributed by atoms with van der Waals surface area (Å²) in [7, 11) is 0. The summed E-state index contributed by atoms with van der Waals surface area (Å²) in [6, 6.07) is 5.49. The molecule has 1 aromatic rings. The normalized spacial score (nSPS) is 18.4. The standard InChI is InChI=1S/C15H19FN2O3/c1-2-18(13-7-5-12(16)6-8-13)15(21)17-9-3-4-11(10-17)14(19)20/h5-8,11H,2-4,9-10H2,1H3,(H,19,20). The van der Waals surface area contributed by atoms with E-state index in [2.05, 4.69) is 0 Å². The lowest BCUT2D eigenvalue weighted by molar-refractivity contribution is -0.143. The molecule has 1 fully saturated rings. The first-order valence-electron chi connectivity index (χ1n) is 7.07. The summed E-state index contributed by atoms with van der Waals surface area (Å²) >= 11 is 0. The number of nitrogens with zero attached hydrogens (tertiary/aromatic N) is 2. The topological polar surface area (TPSA) is 60.9 Å². The number of hydrogen-bond acceptors (Lipinski definition) is 2. The van der Waals surface area contributed by atoms with Gasteiger partial charge < -0.3 is 10.0 Å². The van der Waals surface area contributed by atoms with Gasteiger partial charge >= 0.3 is 12.0 Å². The SMILES string of the molecule is CCN(C(=O)N1CCCC(C(=O)O)C1)c1ccc(F)cc1. The van der Waals surface area contributed by atoms with Gasteiger partial charge in [-0.25, -0.2) is 9.18 Å². The van der Waals surface area contributed by atoms with Gasteiger partial charge in [0.2, 0.25) is 0 Å². The summed E-state index contributed by atoms with van der Waals surface area (Å²) in [5.41, 5.74) is 0.612. The van der Waals surface area contributed by atoms with Crippen LogP contribution in [0.25, 0.3) is 0 Å². The third kappa shape index (κ3) is 3.51. The van der Waals surface area contributed by atoms with E-state index in [0.29, 0.717) is 31.6 Å². The molecule has 0 saturated carbocycles. The molecule has 1 atom stereocenters. The zero-order chi connectivity index (χ0) is 15.4. The van der Waals surface area contributed by atoms with Crippen molar-refractivity contribution in [2.45, 2.75) is 19.8 Å². The van der Waals surface area contributed by atoms with Crippen molar-refractivity contribution in [3.05, 3.63) is 30.1 Å². The van der Waals surface area contributed by atoms with Crippen LogP contribution in [-0.4, -0.2) is 41.6 Å². The van der Waals surface area contributed by atoms with E-state index in [9.17, 15) is 14.0 Å². The van der Waals surface area contributed by atoms with Crippen LogP contribution in [0, 0.1) is 11.7 Å². The van der Waals surface area contributed by atoms with E-state index >= 15 is 0 Å². The highest BCUT2D eigenvalue weighted by Crippen LogP contribution is 2.21. The highest BCUT2D eigenvalue weighted by Gasteiger charge is 2.30. The van der Waals surface area contributed by atoms with Gasteiger partial charge in [-0.15, -0.1) is 0 Å². The van der Waals surface area contributed by atoms with E-state index in [1.54, 1.807) is 17.0 Å². The molecule has 1 aliphatic rings. The predicted octanol–water partition coefficient (Wildman–Crippen LogP) is 2.57. The lowest BCUT2D eigenvalue weighted by Crippen LogP contribution is -2.49. The molecular weight excluding hydrogens is 275 g/mol. The molecule has 1 aliphatic heterocycles. The first-order chi connectivity index (χ1) is 10.0. The van der Waals surface area contributed by atoms with Crippen molar-refractivity contribution in [2.24, 2.45) is 5.92 Å². The van der Waals surface area contributed by atoms with Gasteiger partial charge in [0.1, 0.15) is 5.82 Å². The van der Waals surface area contributed by atoms with Gasteiger partial charge in [-0.1, -0.05) is 0 Å². The van der Waals surface area contributed by atoms with Crippen molar-refractivity contribution in [2.75, 3.05) is 24.5 Å². The Morgan fingerprint density at radius 1 is 1.38 bits per heavy atom. The van der Waals surface area contributed by atoms with Gasteiger partial charge in [-0.2, -0.15) is 0 Å². The number of anilines is 1. The van der Waals surface area contributed by atoms with Crippen molar-refractivity contribution in [1.29, 1.82) is 0 Å². The molecule has 0 aromatic heterocycles. The molecule has 1 unspecified atom stereocenters. The molecule has 0 bridgehead atoms. The molecule has 0 spiro atoms. The quantitative estimate of drug-likeness (QED) is 0.932. The van der Waals surface area contributed by atoms with E-state index in [0.717, 1.165) is 0 Å². The minimum atomic E-state index is -0.864. The molecule has 0 aliphatic carbocycles. The Morgan fingerprint density at radius 3 is 2.62 bits per heavy atom. The van der Waals surface area contributed by atoms with Crippen LogP contribution < -0.4 is 4.90 Å². The number of carbonyl (C=O) groups excluding carboxylic acids is 1. The summed E-state index contributed by atoms with van der Waals surface area (Å²) in [5.74, 6) is -1.72. The maximum atomic E-state index is 13.0. The van der Waals surface area contributed by atoms with Crippen LogP contribution in [-0.2, 0) is 4.79 Å². The summed E-state index contributed by atoms with van der Waals surface area (Å²) in [4.78, 5) is 26.7. The molecule has 0 radical (unpaired) electrons. The molecule has 21 heavy (non-hydrogen) atoms. The second-order valence-corrected chi connectivity index (χ2v) is 5.13. The third-order valence-electron chi connectivity index (χ3n) is 3.73. The molecule has 114 valence electrons. The fourth-order valence-electron chi connectivity index (χ4n) is 2.57. The molecule has 5 nitrogen and oxygen atoms in total. The Kier molecular flexibility index (Phi) is 4.77. The number of halogens is 1. The average molecular weight is 294 g/mol. The maximum absolute atomic E-state index is 13.0. The summed E-state index contributed by atoms with van der Waals surface area (Å²) < 4.78 is 13.0. The van der Waals surface area contributed by atoms with E-state index in [1.807, 2.05) is 6.92 Å². The Hall–Kier alpha value is -2.11. The number of likely N-dealkylation sites (tertiary alicyclic amines) is 1. The Balaban J connectivity index is 2.12. The Bertz CT molecular complexity index is 518. The van der Waals surface area contributed by atoms with Gasteiger partial charge in [0.05, 0.1) is 5.92 Å². The van der Waals surface area contributed by atoms with Gasteiger partial charge in [0.25, 0.3) is 0 Å². The number of carboxylic acids is 1. The Labute approximate surface area is 123 Å². The lowest BCUT2D eigenvalue weighted by Gasteiger charge is -2.34. The largest absolute Gasteiger partial charge is 0.481 e. The van der Waals surface area contributed by atoms with Gasteiger partial charge in [0, 0.05) is 25.3 Å². The number of carboxylic acid groups (broad SMARTS) is 1. The number of benzene rings is 1. The lowest BCUT2D eigenvalue weighted by atomic mass is 9.98. The van der Waals surface area contributed by atoms with Crippen LogP contribution >= 0.6 is 0 Å². The van der Waals surface area contributed by atoms with Crippen molar-refractivity contribution < 1.29 is 19.1 Å². The molecule has 2 amide bonds. The number of piperidine rings is 1. The van der Waals surface area contributed by atoms with Crippen LogP contribution in [0.3, 0.4) is 0 Å². The van der Waals surface area contributed by atoms with Gasteiger partial charge in [-0.3, -0.25) is 9.69 Å². The van der Waals surface area contributed by atoms with Crippen LogP contribution in [0.5, 0.6) is 0 Å². The predicted molar refractivity (Wildman–Crippen MR) is 76.7 cm³/mol. The number of aliphatic carboxylic acids is 1. The second-order valence-electron chi connectivity index (χ2n) is 5.13. The fraction of sp³-hybridized carbons (Fsp3) is 0.467. The zero-order valence-corrected chi connectivity index (χ0v) is 12.0. The molecule has 6 heteroatoms. The number of urea groups is 1. The first kappa shape index (κ1) is 15.3. The van der Waals surface area contributed by atoms with E-state index in [1.165, 1.54) is 17.0 Å². The van der Waals surface area contributed by atoms with E-state index in [4.69, 9.17) is 5.11 Å². The molecular formula is C15H19FN2O3. The maximum Gasteiger partial charge on any atom is 0.324 e. The monoisotopic (exact) mass is 294 g/mol. The third-order valence-corrected chi connectivity index (χ3v) is 3.73. The summed E-state index contributed by atoms with van der Waals surface area (Å²) in [6.07, 6.45) is 1.28. The average Bonchev–Trinajstić information content (AvgIpc) is 2.50. The number of carbonyl (C=O) groups is 2. The highest BCUT2D eigenvalue weighted by molar-refractivity contribution is 5.92. The van der Waals surface area contributed by atoms with Crippen molar-refractivity contribution in [1.82, 2.24) is 4.90 Å². The number of hydrogen-bond donors (Lipinski definition) is 1. The summed E-state index contributed by atoms with van der Waals surface area (Å²) in [5, 5.41) is 9.09. The van der Waals surface area contributed by atoms with Crippen molar-refractivity contribution in [3.8, 4) is 0 Å². The highest BCUT2D eigenvalue weighted by atomic mass is 19.1. The van der Waals surface area contributed by atoms with Crippen molar-refractivity contribution >= 4 is 17.7 Å². The number of rotatable bonds is 3. The zero-order valence-electron chi connectivity index (χ0n) is 12.0. The smallest absolute Gasteiger partial charge is 0.324 e. The van der Waals surface area contributed by atoms with Crippen LogP contribution in [0.2, 0.25) is 0 Å². The Morgan fingerprint density at radius 2 is 2.05 bits per heavy atom. The molecule has 1 saturated heterocycles. The second kappa shape index (κ2) is 6.56. The van der Waals surface area contributed by atoms with Gasteiger partial charge in [-0.05, 0) is 44.0 Å². The van der Waals surface area contributed by atoms with Crippen LogP contribution in [0.4, 0.5) is 14.9 Å². The molecule has 1 aromatic carbocycles. The first-order valence-corrected chi connectivity index (χ1v) is 7.07. The minimum Gasteiger partial charge on any atom is -0.481 e. The van der Waals surface area contributed by atoms with Crippen LogP contribution in [0.1, 0.15) is 19.8 Å². The van der Waals surface area contributed by atoms with Gasteiger partial charge in [0.15, 0.2) is 0 Å². The fourth-order valence-corrected chi connectivity index (χ4v) is 2.57. The molecule has 1 heterocycles. The van der Waals surface area contributed by atoms with E-state index < -0.39 is 11.9 Å².